The molecule has 0 saturated carbocycles. The van der Waals surface area contributed by atoms with Crippen molar-refractivity contribution in [2.45, 2.75) is 6.54 Å². The summed E-state index contributed by atoms with van der Waals surface area (Å²) in [5.74, 6) is 0.779. The predicted octanol–water partition coefficient (Wildman–Crippen LogP) is 3.82. The van der Waals surface area contributed by atoms with E-state index in [1.54, 1.807) is 50.0 Å². The molecule has 0 saturated heterocycles. The monoisotopic (exact) mass is 398 g/mol. The third-order valence-electron chi connectivity index (χ3n) is 3.95. The number of nitrogens with one attached hydrogen (secondary N) is 2. The van der Waals surface area contributed by atoms with Crippen molar-refractivity contribution in [3.8, 4) is 11.5 Å². The lowest BCUT2D eigenvalue weighted by atomic mass is 10.2. The van der Waals surface area contributed by atoms with Crippen molar-refractivity contribution in [2.75, 3.05) is 19.5 Å². The van der Waals surface area contributed by atoms with Crippen LogP contribution in [0.25, 0.3) is 0 Å². The number of carbonyl (C=O) groups is 1. The van der Waals surface area contributed by atoms with Gasteiger partial charge < -0.3 is 20.1 Å². The third-order valence-corrected chi connectivity index (χ3v) is 4.24. The molecule has 0 atom stereocenters. The molecule has 144 valence electrons. The van der Waals surface area contributed by atoms with Crippen LogP contribution in [-0.2, 0) is 6.54 Å². The normalized spacial score (nSPS) is 10.2. The van der Waals surface area contributed by atoms with Gasteiger partial charge in [0.05, 0.1) is 24.9 Å². The van der Waals surface area contributed by atoms with Crippen LogP contribution in [0.4, 0.5) is 11.4 Å². The minimum atomic E-state index is -0.277. The second-order valence-electron chi connectivity index (χ2n) is 5.78. The van der Waals surface area contributed by atoms with Crippen LogP contribution < -0.4 is 20.1 Å². The summed E-state index contributed by atoms with van der Waals surface area (Å²) in [6, 6.07) is 10.5. The van der Waals surface area contributed by atoms with Gasteiger partial charge in [-0.1, -0.05) is 11.6 Å². The second kappa shape index (κ2) is 9.05. The van der Waals surface area contributed by atoms with Gasteiger partial charge in [0.25, 0.3) is 5.91 Å². The number of aromatic nitrogens is 2. The molecule has 0 spiro atoms. The molecule has 2 heterocycles. The van der Waals surface area contributed by atoms with Crippen LogP contribution in [0.2, 0.25) is 5.02 Å². The van der Waals surface area contributed by atoms with Crippen molar-refractivity contribution in [3.05, 3.63) is 71.3 Å². The van der Waals surface area contributed by atoms with Crippen LogP contribution >= 0.6 is 11.6 Å². The van der Waals surface area contributed by atoms with Gasteiger partial charge in [-0.3, -0.25) is 14.8 Å². The number of halogens is 1. The first-order valence-electron chi connectivity index (χ1n) is 8.42. The summed E-state index contributed by atoms with van der Waals surface area (Å²) in [4.78, 5) is 20.5. The van der Waals surface area contributed by atoms with Gasteiger partial charge in [-0.25, -0.2) is 0 Å². The van der Waals surface area contributed by atoms with Gasteiger partial charge in [-0.2, -0.15) is 0 Å². The van der Waals surface area contributed by atoms with Gasteiger partial charge in [-0.05, 0) is 29.8 Å². The molecule has 3 aromatic rings. The Bertz CT molecular complexity index is 967. The quantitative estimate of drug-likeness (QED) is 0.629. The standard InChI is InChI=1S/C20H19ClN4O3/c1-27-18-11-16(19(28-2)10-15(18)21)25-14-5-8-23-17(9-14)20(26)24-12-13-3-6-22-7-4-13/h3-11H,12H2,1-2H3,(H,23,25)(H,24,26). The number of methoxy groups -OCH3 is 2. The molecule has 0 aliphatic heterocycles. The number of rotatable bonds is 7. The van der Waals surface area contributed by atoms with Gasteiger partial charge >= 0.3 is 0 Å². The molecule has 0 unspecified atom stereocenters. The molecular formula is C20H19ClN4O3. The summed E-state index contributed by atoms with van der Waals surface area (Å²) in [6.45, 7) is 0.392. The number of ether oxygens (including phenoxy) is 2. The van der Waals surface area contributed by atoms with Crippen LogP contribution in [0, 0.1) is 0 Å². The van der Waals surface area contributed by atoms with Crippen molar-refractivity contribution in [2.24, 2.45) is 0 Å². The van der Waals surface area contributed by atoms with Crippen molar-refractivity contribution in [1.82, 2.24) is 15.3 Å². The number of carbonyl (C=O) groups excluding carboxylic acids is 1. The molecule has 1 aromatic carbocycles. The molecule has 7 nitrogen and oxygen atoms in total. The Morgan fingerprint density at radius 3 is 2.50 bits per heavy atom. The number of amides is 1. The van der Waals surface area contributed by atoms with Crippen LogP contribution in [0.15, 0.2) is 55.0 Å². The Kier molecular flexibility index (Phi) is 6.29. The van der Waals surface area contributed by atoms with E-state index in [-0.39, 0.29) is 5.91 Å². The van der Waals surface area contributed by atoms with Gasteiger partial charge in [0, 0.05) is 43.0 Å². The van der Waals surface area contributed by atoms with Gasteiger partial charge in [-0.15, -0.1) is 0 Å². The van der Waals surface area contributed by atoms with E-state index in [2.05, 4.69) is 20.6 Å². The summed E-state index contributed by atoms with van der Waals surface area (Å²) in [6.07, 6.45) is 4.92. The highest BCUT2D eigenvalue weighted by molar-refractivity contribution is 6.32. The fourth-order valence-corrected chi connectivity index (χ4v) is 2.75. The van der Waals surface area contributed by atoms with Crippen LogP contribution in [-0.4, -0.2) is 30.1 Å². The van der Waals surface area contributed by atoms with E-state index in [1.165, 1.54) is 7.11 Å². The number of hydrogen-bond donors (Lipinski definition) is 2. The fraction of sp³-hybridized carbons (Fsp3) is 0.150. The zero-order chi connectivity index (χ0) is 19.9. The van der Waals surface area contributed by atoms with E-state index >= 15 is 0 Å². The largest absolute Gasteiger partial charge is 0.495 e. The molecule has 0 fully saturated rings. The highest BCUT2D eigenvalue weighted by atomic mass is 35.5. The van der Waals surface area contributed by atoms with Crippen LogP contribution in [0.1, 0.15) is 16.1 Å². The van der Waals surface area contributed by atoms with E-state index in [1.807, 2.05) is 12.1 Å². The van der Waals surface area contributed by atoms with E-state index in [9.17, 15) is 4.79 Å². The lowest BCUT2D eigenvalue weighted by Crippen LogP contribution is -2.23. The lowest BCUT2D eigenvalue weighted by molar-refractivity contribution is 0.0946. The summed E-state index contributed by atoms with van der Waals surface area (Å²) >= 11 is 6.14. The molecule has 2 aromatic heterocycles. The summed E-state index contributed by atoms with van der Waals surface area (Å²) in [5.41, 5.74) is 2.57. The van der Waals surface area contributed by atoms with Crippen molar-refractivity contribution in [1.29, 1.82) is 0 Å². The molecule has 28 heavy (non-hydrogen) atoms. The number of hydrogen-bond acceptors (Lipinski definition) is 6. The zero-order valence-electron chi connectivity index (χ0n) is 15.4. The predicted molar refractivity (Wildman–Crippen MR) is 107 cm³/mol. The average molecular weight is 399 g/mol. The minimum absolute atomic E-state index is 0.277. The van der Waals surface area contributed by atoms with E-state index in [0.29, 0.717) is 40.1 Å². The zero-order valence-corrected chi connectivity index (χ0v) is 16.2. The highest BCUT2D eigenvalue weighted by Gasteiger charge is 2.12. The fourth-order valence-electron chi connectivity index (χ4n) is 2.52. The Labute approximate surface area is 167 Å². The maximum Gasteiger partial charge on any atom is 0.270 e. The highest BCUT2D eigenvalue weighted by Crippen LogP contribution is 2.37. The Morgan fingerprint density at radius 1 is 1.04 bits per heavy atom. The molecule has 0 radical (unpaired) electrons. The Balaban J connectivity index is 1.75. The Morgan fingerprint density at radius 2 is 1.79 bits per heavy atom. The maximum atomic E-state index is 12.4. The summed E-state index contributed by atoms with van der Waals surface area (Å²) in [5, 5.41) is 6.48. The molecule has 8 heteroatoms. The average Bonchev–Trinajstić information content (AvgIpc) is 2.73. The Hall–Kier alpha value is -3.32. The van der Waals surface area contributed by atoms with Crippen LogP contribution in [0.3, 0.4) is 0 Å². The maximum absolute atomic E-state index is 12.4. The number of pyridine rings is 2. The van der Waals surface area contributed by atoms with Gasteiger partial charge in [0.15, 0.2) is 0 Å². The van der Waals surface area contributed by atoms with E-state index in [4.69, 9.17) is 21.1 Å². The molecule has 0 aliphatic rings. The topological polar surface area (TPSA) is 85.4 Å². The van der Waals surface area contributed by atoms with Crippen molar-refractivity contribution >= 4 is 28.9 Å². The van der Waals surface area contributed by atoms with Crippen LogP contribution in [0.5, 0.6) is 11.5 Å². The molecule has 1 amide bonds. The third kappa shape index (κ3) is 4.69. The van der Waals surface area contributed by atoms with Gasteiger partial charge in [0.2, 0.25) is 0 Å². The molecular weight excluding hydrogens is 380 g/mol. The lowest BCUT2D eigenvalue weighted by Gasteiger charge is -2.14. The number of benzene rings is 1. The summed E-state index contributed by atoms with van der Waals surface area (Å²) in [7, 11) is 3.09. The second-order valence-corrected chi connectivity index (χ2v) is 6.19. The molecule has 0 aliphatic carbocycles. The molecule has 0 bridgehead atoms. The molecule has 3 rings (SSSR count). The van der Waals surface area contributed by atoms with Crippen molar-refractivity contribution < 1.29 is 14.3 Å². The van der Waals surface area contributed by atoms with E-state index in [0.717, 1.165) is 5.56 Å². The first kappa shape index (κ1) is 19.4. The first-order valence-corrected chi connectivity index (χ1v) is 8.80. The molecule has 2 N–H and O–H groups in total. The van der Waals surface area contributed by atoms with E-state index < -0.39 is 0 Å². The smallest absolute Gasteiger partial charge is 0.270 e. The first-order chi connectivity index (χ1) is 13.6. The summed E-state index contributed by atoms with van der Waals surface area (Å²) < 4.78 is 10.6. The minimum Gasteiger partial charge on any atom is -0.495 e. The van der Waals surface area contributed by atoms with Crippen molar-refractivity contribution in [3.63, 3.8) is 0 Å². The number of anilines is 2. The SMILES string of the molecule is COc1cc(Nc2ccnc(C(=O)NCc3ccncc3)c2)c(OC)cc1Cl. The number of nitrogens with zero attached hydrogens (tertiary/aromatic N) is 2. The van der Waals surface area contributed by atoms with Gasteiger partial charge in [0.1, 0.15) is 17.2 Å².